The van der Waals surface area contributed by atoms with E-state index in [0.29, 0.717) is 13.1 Å². The number of rotatable bonds is 4. The molecule has 0 saturated carbocycles. The van der Waals surface area contributed by atoms with Gasteiger partial charge in [0, 0.05) is 50.6 Å². The Hall–Kier alpha value is -2.63. The molecule has 1 aromatic heterocycles. The standard InChI is InChI=1S/C20H27N5O/c1-5-17-8-6-7-14(2)19(17)22-18-13-15(3)21-20(23-18)25-11-9-24(10-12-25)16(4)26/h6-8,13H,5,9-12H2,1-4H3,(H,21,22,23). The largest absolute Gasteiger partial charge is 0.340 e. The molecule has 0 bridgehead atoms. The number of benzene rings is 1. The molecule has 0 spiro atoms. The number of nitrogens with zero attached hydrogens (tertiary/aromatic N) is 4. The maximum atomic E-state index is 11.5. The summed E-state index contributed by atoms with van der Waals surface area (Å²) in [4.78, 5) is 24.9. The summed E-state index contributed by atoms with van der Waals surface area (Å²) >= 11 is 0. The Kier molecular flexibility index (Phi) is 5.40. The van der Waals surface area contributed by atoms with Gasteiger partial charge in [-0.2, -0.15) is 4.98 Å². The number of piperazine rings is 1. The number of carbonyl (C=O) groups excluding carboxylic acids is 1. The molecule has 0 radical (unpaired) electrons. The van der Waals surface area contributed by atoms with Gasteiger partial charge in [0.15, 0.2) is 0 Å². The van der Waals surface area contributed by atoms with Gasteiger partial charge < -0.3 is 15.1 Å². The Labute approximate surface area is 155 Å². The van der Waals surface area contributed by atoms with E-state index in [9.17, 15) is 4.79 Å². The molecule has 1 aromatic carbocycles. The molecule has 26 heavy (non-hydrogen) atoms. The number of carbonyl (C=O) groups is 1. The zero-order chi connectivity index (χ0) is 18.7. The Morgan fingerprint density at radius 1 is 1.15 bits per heavy atom. The smallest absolute Gasteiger partial charge is 0.227 e. The minimum Gasteiger partial charge on any atom is -0.340 e. The average molecular weight is 353 g/mol. The van der Waals surface area contributed by atoms with E-state index >= 15 is 0 Å². The highest BCUT2D eigenvalue weighted by Gasteiger charge is 2.21. The van der Waals surface area contributed by atoms with Crippen LogP contribution in [0.2, 0.25) is 0 Å². The third-order valence-electron chi connectivity index (χ3n) is 4.84. The minimum atomic E-state index is 0.129. The molecule has 2 aromatic rings. The highest BCUT2D eigenvalue weighted by atomic mass is 16.2. The van der Waals surface area contributed by atoms with Crippen molar-refractivity contribution in [3.8, 4) is 0 Å². The van der Waals surface area contributed by atoms with Gasteiger partial charge in [-0.15, -0.1) is 0 Å². The Morgan fingerprint density at radius 3 is 2.54 bits per heavy atom. The Bertz CT molecular complexity index is 797. The van der Waals surface area contributed by atoms with Gasteiger partial charge in [-0.3, -0.25) is 4.79 Å². The summed E-state index contributed by atoms with van der Waals surface area (Å²) in [5.74, 6) is 1.66. The molecule has 1 aliphatic rings. The van der Waals surface area contributed by atoms with Crippen molar-refractivity contribution in [1.29, 1.82) is 0 Å². The first-order valence-corrected chi connectivity index (χ1v) is 9.19. The van der Waals surface area contributed by atoms with Crippen LogP contribution < -0.4 is 10.2 Å². The van der Waals surface area contributed by atoms with Gasteiger partial charge >= 0.3 is 0 Å². The van der Waals surface area contributed by atoms with E-state index in [1.165, 1.54) is 11.1 Å². The fraction of sp³-hybridized carbons (Fsp3) is 0.450. The van der Waals surface area contributed by atoms with E-state index in [4.69, 9.17) is 4.98 Å². The average Bonchev–Trinajstić information content (AvgIpc) is 2.63. The van der Waals surface area contributed by atoms with Crippen LogP contribution in [0, 0.1) is 13.8 Å². The van der Waals surface area contributed by atoms with E-state index in [1.807, 2.05) is 17.9 Å². The van der Waals surface area contributed by atoms with Gasteiger partial charge in [-0.05, 0) is 31.4 Å². The lowest BCUT2D eigenvalue weighted by molar-refractivity contribution is -0.129. The van der Waals surface area contributed by atoms with Gasteiger partial charge in [0.2, 0.25) is 11.9 Å². The third-order valence-corrected chi connectivity index (χ3v) is 4.84. The van der Waals surface area contributed by atoms with Gasteiger partial charge in [-0.25, -0.2) is 4.98 Å². The molecular weight excluding hydrogens is 326 g/mol. The molecule has 3 rings (SSSR count). The van der Waals surface area contributed by atoms with Crippen molar-refractivity contribution in [3.63, 3.8) is 0 Å². The molecule has 6 heteroatoms. The van der Waals surface area contributed by atoms with Crippen LogP contribution in [0.25, 0.3) is 0 Å². The van der Waals surface area contributed by atoms with Crippen LogP contribution in [0.4, 0.5) is 17.5 Å². The van der Waals surface area contributed by atoms with E-state index in [1.54, 1.807) is 6.92 Å². The molecule has 6 nitrogen and oxygen atoms in total. The molecule has 2 heterocycles. The van der Waals surface area contributed by atoms with Gasteiger partial charge in [0.1, 0.15) is 5.82 Å². The van der Waals surface area contributed by atoms with Crippen LogP contribution in [0.5, 0.6) is 0 Å². The zero-order valence-corrected chi connectivity index (χ0v) is 16.0. The predicted molar refractivity (Wildman–Crippen MR) is 105 cm³/mol. The molecule has 1 saturated heterocycles. The van der Waals surface area contributed by atoms with Crippen molar-refractivity contribution >= 4 is 23.4 Å². The van der Waals surface area contributed by atoms with Crippen molar-refractivity contribution in [3.05, 3.63) is 41.1 Å². The molecule has 1 amide bonds. The summed E-state index contributed by atoms with van der Waals surface area (Å²) in [6.07, 6.45) is 0.966. The van der Waals surface area contributed by atoms with Gasteiger partial charge in [0.25, 0.3) is 0 Å². The number of hydrogen-bond acceptors (Lipinski definition) is 5. The second-order valence-corrected chi connectivity index (χ2v) is 6.78. The van der Waals surface area contributed by atoms with Crippen molar-refractivity contribution in [1.82, 2.24) is 14.9 Å². The van der Waals surface area contributed by atoms with Gasteiger partial charge in [-0.1, -0.05) is 25.1 Å². The molecule has 1 aliphatic heterocycles. The minimum absolute atomic E-state index is 0.129. The second kappa shape index (κ2) is 7.72. The number of para-hydroxylation sites is 1. The fourth-order valence-electron chi connectivity index (χ4n) is 3.31. The van der Waals surface area contributed by atoms with Crippen molar-refractivity contribution < 1.29 is 4.79 Å². The van der Waals surface area contributed by atoms with Crippen molar-refractivity contribution in [2.45, 2.75) is 34.1 Å². The summed E-state index contributed by atoms with van der Waals surface area (Å²) in [5, 5.41) is 3.50. The maximum absolute atomic E-state index is 11.5. The maximum Gasteiger partial charge on any atom is 0.227 e. The molecular formula is C20H27N5O. The first-order chi connectivity index (χ1) is 12.5. The SMILES string of the molecule is CCc1cccc(C)c1Nc1cc(C)nc(N2CCN(C(C)=O)CC2)n1. The van der Waals surface area contributed by atoms with Crippen molar-refractivity contribution in [2.24, 2.45) is 0 Å². The number of aryl methyl sites for hydroxylation is 3. The van der Waals surface area contributed by atoms with Crippen LogP contribution in [0.15, 0.2) is 24.3 Å². The Morgan fingerprint density at radius 2 is 1.88 bits per heavy atom. The van der Waals surface area contributed by atoms with Crippen molar-refractivity contribution in [2.75, 3.05) is 36.4 Å². The molecule has 0 aliphatic carbocycles. The third kappa shape index (κ3) is 3.95. The quantitative estimate of drug-likeness (QED) is 0.915. The zero-order valence-electron chi connectivity index (χ0n) is 16.0. The molecule has 0 atom stereocenters. The lowest BCUT2D eigenvalue weighted by atomic mass is 10.1. The van der Waals surface area contributed by atoms with Crippen LogP contribution in [0.3, 0.4) is 0 Å². The normalized spacial score (nSPS) is 14.5. The molecule has 1 fully saturated rings. The first kappa shape index (κ1) is 18.2. The summed E-state index contributed by atoms with van der Waals surface area (Å²) in [6.45, 7) is 10.8. The van der Waals surface area contributed by atoms with Gasteiger partial charge in [0.05, 0.1) is 0 Å². The summed E-state index contributed by atoms with van der Waals surface area (Å²) < 4.78 is 0. The Balaban J connectivity index is 1.82. The van der Waals surface area contributed by atoms with Crippen LogP contribution in [-0.2, 0) is 11.2 Å². The highest BCUT2D eigenvalue weighted by Crippen LogP contribution is 2.26. The summed E-state index contributed by atoms with van der Waals surface area (Å²) in [7, 11) is 0. The lowest BCUT2D eigenvalue weighted by Gasteiger charge is -2.34. The van der Waals surface area contributed by atoms with E-state index in [-0.39, 0.29) is 5.91 Å². The first-order valence-electron chi connectivity index (χ1n) is 9.19. The summed E-state index contributed by atoms with van der Waals surface area (Å²) in [6, 6.07) is 8.31. The molecule has 0 unspecified atom stereocenters. The van der Waals surface area contributed by atoms with E-state index in [2.05, 4.69) is 47.2 Å². The topological polar surface area (TPSA) is 61.4 Å². The molecule has 1 N–H and O–H groups in total. The number of anilines is 3. The lowest BCUT2D eigenvalue weighted by Crippen LogP contribution is -2.48. The predicted octanol–water partition coefficient (Wildman–Crippen LogP) is 3.07. The highest BCUT2D eigenvalue weighted by molar-refractivity contribution is 5.73. The summed E-state index contributed by atoms with van der Waals surface area (Å²) in [5.41, 5.74) is 4.54. The second-order valence-electron chi connectivity index (χ2n) is 6.78. The fourth-order valence-corrected chi connectivity index (χ4v) is 3.31. The van der Waals surface area contributed by atoms with Crippen LogP contribution in [0.1, 0.15) is 30.7 Å². The monoisotopic (exact) mass is 353 g/mol. The number of nitrogens with one attached hydrogen (secondary N) is 1. The number of amides is 1. The number of hydrogen-bond donors (Lipinski definition) is 1. The molecule has 138 valence electrons. The van der Waals surface area contributed by atoms with E-state index in [0.717, 1.165) is 42.7 Å². The van der Waals surface area contributed by atoms with Crippen LogP contribution in [-0.4, -0.2) is 47.0 Å². The van der Waals surface area contributed by atoms with E-state index < -0.39 is 0 Å². The number of aromatic nitrogens is 2. The van der Waals surface area contributed by atoms with Crippen LogP contribution >= 0.6 is 0 Å².